The van der Waals surface area contributed by atoms with Gasteiger partial charge in [0.1, 0.15) is 5.82 Å². The topological polar surface area (TPSA) is 12.0 Å². The summed E-state index contributed by atoms with van der Waals surface area (Å²) in [6.45, 7) is 4.40. The van der Waals surface area contributed by atoms with Gasteiger partial charge in [-0.25, -0.2) is 4.39 Å². The van der Waals surface area contributed by atoms with Crippen LogP contribution in [0.25, 0.3) is 0 Å². The van der Waals surface area contributed by atoms with Crippen molar-refractivity contribution in [2.45, 2.75) is 51.6 Å². The Morgan fingerprint density at radius 2 is 2.05 bits per heavy atom. The van der Waals surface area contributed by atoms with Crippen LogP contribution in [0.4, 0.5) is 4.39 Å². The zero-order valence-corrected chi connectivity index (χ0v) is 13.0. The molecule has 1 N–H and O–H groups in total. The molecule has 2 bridgehead atoms. The summed E-state index contributed by atoms with van der Waals surface area (Å²) in [6, 6.07) is 5.35. The molecule has 20 heavy (non-hydrogen) atoms. The summed E-state index contributed by atoms with van der Waals surface area (Å²) in [5.74, 6) is 2.42. The van der Waals surface area contributed by atoms with Crippen LogP contribution in [0.1, 0.15) is 51.1 Å². The molecule has 2 fully saturated rings. The Morgan fingerprint density at radius 3 is 2.65 bits per heavy atom. The smallest absolute Gasteiger partial charge is 0.124 e. The van der Waals surface area contributed by atoms with E-state index >= 15 is 0 Å². The van der Waals surface area contributed by atoms with Crippen LogP contribution in [-0.4, -0.2) is 6.04 Å². The van der Waals surface area contributed by atoms with E-state index in [0.29, 0.717) is 11.1 Å². The normalized spacial score (nSPS) is 31.5. The van der Waals surface area contributed by atoms with E-state index in [0.717, 1.165) is 23.3 Å². The van der Waals surface area contributed by atoms with Crippen LogP contribution < -0.4 is 5.32 Å². The van der Waals surface area contributed by atoms with Crippen molar-refractivity contribution in [3.05, 3.63) is 34.6 Å². The summed E-state index contributed by atoms with van der Waals surface area (Å²) in [4.78, 5) is 0. The van der Waals surface area contributed by atoms with Gasteiger partial charge in [-0.15, -0.1) is 0 Å². The highest BCUT2D eigenvalue weighted by molar-refractivity contribution is 6.31. The number of rotatable bonds is 4. The fraction of sp³-hybridized carbons (Fsp3) is 0.647. The van der Waals surface area contributed by atoms with Crippen molar-refractivity contribution in [3.8, 4) is 0 Å². The molecule has 0 amide bonds. The maximum absolute atomic E-state index is 13.1. The minimum absolute atomic E-state index is 0.164. The average Bonchev–Trinajstić information content (AvgIpc) is 3.00. The maximum atomic E-state index is 13.1. The Kier molecular flexibility index (Phi) is 4.05. The van der Waals surface area contributed by atoms with Crippen molar-refractivity contribution in [1.29, 1.82) is 0 Å². The zero-order chi connectivity index (χ0) is 14.3. The minimum atomic E-state index is -0.271. The fourth-order valence-electron chi connectivity index (χ4n) is 4.37. The first-order chi connectivity index (χ1) is 9.54. The highest BCUT2D eigenvalue weighted by Gasteiger charge is 2.41. The van der Waals surface area contributed by atoms with Crippen LogP contribution in [0.2, 0.25) is 5.02 Å². The van der Waals surface area contributed by atoms with E-state index in [-0.39, 0.29) is 11.9 Å². The lowest BCUT2D eigenvalue weighted by molar-refractivity contribution is 0.248. The number of halogens is 2. The largest absolute Gasteiger partial charge is 0.307 e. The summed E-state index contributed by atoms with van der Waals surface area (Å²) < 4.78 is 13.1. The lowest BCUT2D eigenvalue weighted by Crippen LogP contribution is -2.37. The highest BCUT2D eigenvalue weighted by Crippen LogP contribution is 2.49. The number of nitrogens with one attached hydrogen (secondary N) is 1. The Labute approximate surface area is 125 Å². The first-order valence-electron chi connectivity index (χ1n) is 7.75. The molecule has 2 aliphatic rings. The lowest BCUT2D eigenvalue weighted by Gasteiger charge is -2.31. The molecule has 5 atom stereocenters. The molecule has 0 aliphatic heterocycles. The second-order valence-electron chi connectivity index (χ2n) is 6.68. The zero-order valence-electron chi connectivity index (χ0n) is 12.2. The van der Waals surface area contributed by atoms with E-state index in [9.17, 15) is 4.39 Å². The van der Waals surface area contributed by atoms with E-state index in [4.69, 9.17) is 11.6 Å². The summed E-state index contributed by atoms with van der Waals surface area (Å²) in [6.07, 6.45) is 5.66. The highest BCUT2D eigenvalue weighted by atomic mass is 35.5. The molecular weight excluding hydrogens is 273 g/mol. The van der Waals surface area contributed by atoms with Crippen molar-refractivity contribution in [2.24, 2.45) is 17.8 Å². The van der Waals surface area contributed by atoms with Crippen molar-refractivity contribution >= 4 is 11.6 Å². The van der Waals surface area contributed by atoms with E-state index in [1.807, 2.05) is 0 Å². The fourth-order valence-corrected chi connectivity index (χ4v) is 4.70. The van der Waals surface area contributed by atoms with Gasteiger partial charge in [0.05, 0.1) is 0 Å². The van der Waals surface area contributed by atoms with Crippen LogP contribution in [0.5, 0.6) is 0 Å². The van der Waals surface area contributed by atoms with Crippen molar-refractivity contribution in [2.75, 3.05) is 0 Å². The summed E-state index contributed by atoms with van der Waals surface area (Å²) >= 11 is 6.15. The summed E-state index contributed by atoms with van der Waals surface area (Å²) in [7, 11) is 0. The van der Waals surface area contributed by atoms with Crippen molar-refractivity contribution in [3.63, 3.8) is 0 Å². The standard InChI is InChI=1S/C17H23ClFN/c1-10(15-6-5-14(19)9-17(15)18)20-11(2)16-8-12-3-4-13(16)7-12/h5-6,9-13,16,20H,3-4,7-8H2,1-2H3. The Morgan fingerprint density at radius 1 is 1.25 bits per heavy atom. The summed E-state index contributed by atoms with van der Waals surface area (Å²) in [5.41, 5.74) is 0.989. The molecule has 0 aromatic heterocycles. The van der Waals surface area contributed by atoms with Gasteiger partial charge in [0.25, 0.3) is 0 Å². The SMILES string of the molecule is CC(NC(C)C1CC2CCC1C2)c1ccc(F)cc1Cl. The molecular formula is C17H23ClFN. The van der Waals surface area contributed by atoms with Crippen LogP contribution in [-0.2, 0) is 0 Å². The Hall–Kier alpha value is -0.600. The quantitative estimate of drug-likeness (QED) is 0.828. The molecule has 5 unspecified atom stereocenters. The molecule has 1 aromatic rings. The van der Waals surface area contributed by atoms with E-state index < -0.39 is 0 Å². The van der Waals surface area contributed by atoms with Gasteiger partial charge >= 0.3 is 0 Å². The third-order valence-corrected chi connectivity index (χ3v) is 5.70. The van der Waals surface area contributed by atoms with E-state index in [2.05, 4.69) is 19.2 Å². The predicted molar refractivity (Wildman–Crippen MR) is 81.4 cm³/mol. The van der Waals surface area contributed by atoms with Crippen molar-refractivity contribution in [1.82, 2.24) is 5.32 Å². The molecule has 3 rings (SSSR count). The van der Waals surface area contributed by atoms with Gasteiger partial charge < -0.3 is 5.32 Å². The second-order valence-corrected chi connectivity index (χ2v) is 7.09. The lowest BCUT2D eigenvalue weighted by atomic mass is 9.83. The molecule has 0 saturated heterocycles. The Bertz CT molecular complexity index is 490. The number of benzene rings is 1. The Balaban J connectivity index is 1.65. The monoisotopic (exact) mass is 295 g/mol. The van der Waals surface area contributed by atoms with Gasteiger partial charge in [0.15, 0.2) is 0 Å². The van der Waals surface area contributed by atoms with E-state index in [1.54, 1.807) is 6.07 Å². The molecule has 110 valence electrons. The van der Waals surface area contributed by atoms with Gasteiger partial charge in [0.2, 0.25) is 0 Å². The first-order valence-corrected chi connectivity index (χ1v) is 8.13. The molecule has 2 saturated carbocycles. The molecule has 1 nitrogen and oxygen atoms in total. The first kappa shape index (κ1) is 14.3. The van der Waals surface area contributed by atoms with Gasteiger partial charge in [0, 0.05) is 17.1 Å². The molecule has 1 aromatic carbocycles. The maximum Gasteiger partial charge on any atom is 0.124 e. The minimum Gasteiger partial charge on any atom is -0.307 e. The van der Waals surface area contributed by atoms with Gasteiger partial charge in [-0.1, -0.05) is 24.1 Å². The molecule has 0 radical (unpaired) electrons. The van der Waals surface area contributed by atoms with Gasteiger partial charge in [-0.05, 0) is 68.6 Å². The molecule has 2 aliphatic carbocycles. The molecule has 0 spiro atoms. The van der Waals surface area contributed by atoms with Crippen molar-refractivity contribution < 1.29 is 4.39 Å². The van der Waals surface area contributed by atoms with Gasteiger partial charge in [-0.2, -0.15) is 0 Å². The molecule has 3 heteroatoms. The third kappa shape index (κ3) is 2.73. The second kappa shape index (κ2) is 5.65. The molecule has 0 heterocycles. The number of hydrogen-bond acceptors (Lipinski definition) is 1. The van der Waals surface area contributed by atoms with Crippen LogP contribution in [0.15, 0.2) is 18.2 Å². The van der Waals surface area contributed by atoms with Gasteiger partial charge in [-0.3, -0.25) is 0 Å². The van der Waals surface area contributed by atoms with Crippen LogP contribution >= 0.6 is 11.6 Å². The number of fused-ring (bicyclic) bond motifs is 2. The summed E-state index contributed by atoms with van der Waals surface area (Å²) in [5, 5.41) is 4.19. The average molecular weight is 296 g/mol. The number of hydrogen-bond donors (Lipinski definition) is 1. The third-order valence-electron chi connectivity index (χ3n) is 5.38. The van der Waals surface area contributed by atoms with Crippen LogP contribution in [0, 0.1) is 23.6 Å². The predicted octanol–water partition coefficient (Wildman–Crippen LogP) is 4.95. The van der Waals surface area contributed by atoms with E-state index in [1.165, 1.54) is 37.8 Å². The van der Waals surface area contributed by atoms with Crippen LogP contribution in [0.3, 0.4) is 0 Å².